The predicted molar refractivity (Wildman–Crippen MR) is 104 cm³/mol. The van der Waals surface area contributed by atoms with Crippen LogP contribution in [0.5, 0.6) is 0 Å². The number of rotatable bonds is 8. The zero-order valence-corrected chi connectivity index (χ0v) is 16.2. The first-order chi connectivity index (χ1) is 12.2. The van der Waals surface area contributed by atoms with Crippen molar-refractivity contribution >= 4 is 52.4 Å². The fraction of sp³-hybridized carbons (Fsp3) is 0.188. The van der Waals surface area contributed by atoms with Gasteiger partial charge in [-0.2, -0.15) is 0 Å². The Kier molecular flexibility index (Phi) is 6.80. The highest BCUT2D eigenvalue weighted by Gasteiger charge is 2.11. The number of hydrogen-bond acceptors (Lipinski definition) is 7. The Labute approximate surface area is 162 Å². The molecule has 1 amide bonds. The van der Waals surface area contributed by atoms with Gasteiger partial charge in [-0.15, -0.1) is 33.3 Å². The molecule has 1 aromatic carbocycles. The Morgan fingerprint density at radius 1 is 1.20 bits per heavy atom. The first-order valence-corrected chi connectivity index (χ1v) is 10.6. The summed E-state index contributed by atoms with van der Waals surface area (Å²) in [6.45, 7) is 0.594. The molecule has 0 aliphatic rings. The van der Waals surface area contributed by atoms with Gasteiger partial charge in [0.1, 0.15) is 0 Å². The van der Waals surface area contributed by atoms with E-state index in [0.717, 1.165) is 20.5 Å². The van der Waals surface area contributed by atoms with Gasteiger partial charge in [0, 0.05) is 22.2 Å². The molecule has 9 heteroatoms. The average molecular weight is 412 g/mol. The Hall–Kier alpha value is -1.48. The van der Waals surface area contributed by atoms with Gasteiger partial charge in [-0.1, -0.05) is 29.4 Å². The molecule has 3 aromatic rings. The van der Waals surface area contributed by atoms with Gasteiger partial charge in [0.25, 0.3) is 11.1 Å². The van der Waals surface area contributed by atoms with Gasteiger partial charge in [-0.25, -0.2) is 0 Å². The molecule has 0 atom stereocenters. The highest BCUT2D eigenvalue weighted by Crippen LogP contribution is 2.26. The molecule has 5 nitrogen and oxygen atoms in total. The molecule has 0 spiro atoms. The topological polar surface area (TPSA) is 68.0 Å². The van der Waals surface area contributed by atoms with Gasteiger partial charge >= 0.3 is 0 Å². The van der Waals surface area contributed by atoms with Crippen LogP contribution in [0.4, 0.5) is 0 Å². The van der Waals surface area contributed by atoms with E-state index in [1.165, 1.54) is 23.1 Å². The lowest BCUT2D eigenvalue weighted by Gasteiger charge is -2.04. The molecule has 0 bridgehead atoms. The SMILES string of the molecule is O=C(CSc1nnc(-c2cccs2)o1)NCCSc1ccc(Cl)cc1. The second-order valence-corrected chi connectivity index (χ2v) is 8.27. The lowest BCUT2D eigenvalue weighted by molar-refractivity contribution is -0.118. The van der Waals surface area contributed by atoms with Crippen LogP contribution in [0.3, 0.4) is 0 Å². The van der Waals surface area contributed by atoms with Crippen LogP contribution in [-0.2, 0) is 4.79 Å². The minimum absolute atomic E-state index is 0.0578. The molecule has 2 aromatic heterocycles. The molecule has 3 rings (SSSR count). The molecular formula is C16H14ClN3O2S3. The molecule has 0 saturated carbocycles. The number of amides is 1. The summed E-state index contributed by atoms with van der Waals surface area (Å²) in [5, 5.41) is 13.9. The minimum Gasteiger partial charge on any atom is -0.410 e. The fourth-order valence-corrected chi connectivity index (χ4v) is 3.97. The van der Waals surface area contributed by atoms with E-state index in [0.29, 0.717) is 17.7 Å². The fourth-order valence-electron chi connectivity index (χ4n) is 1.84. The smallest absolute Gasteiger partial charge is 0.277 e. The molecule has 0 aliphatic heterocycles. The maximum Gasteiger partial charge on any atom is 0.277 e. The standard InChI is InChI=1S/C16H14ClN3O2S3/c17-11-3-5-12(6-4-11)23-9-7-18-14(21)10-25-16-20-19-15(22-16)13-2-1-8-24-13/h1-6,8H,7,9-10H2,(H,18,21). The number of carbonyl (C=O) groups is 1. The number of hydrogen-bond donors (Lipinski definition) is 1. The summed E-state index contributed by atoms with van der Waals surface area (Å²) in [7, 11) is 0. The van der Waals surface area contributed by atoms with Crippen LogP contribution in [0.25, 0.3) is 10.8 Å². The highest BCUT2D eigenvalue weighted by atomic mass is 35.5. The van der Waals surface area contributed by atoms with Gasteiger partial charge in [-0.05, 0) is 35.7 Å². The van der Waals surface area contributed by atoms with E-state index in [1.807, 2.05) is 41.8 Å². The summed E-state index contributed by atoms with van der Waals surface area (Å²) in [6, 6.07) is 11.5. The van der Waals surface area contributed by atoms with Crippen LogP contribution < -0.4 is 5.32 Å². The van der Waals surface area contributed by atoms with Crippen molar-refractivity contribution < 1.29 is 9.21 Å². The third-order valence-corrected chi connectivity index (χ3v) is 5.91. The van der Waals surface area contributed by atoms with Crippen LogP contribution >= 0.6 is 46.5 Å². The highest BCUT2D eigenvalue weighted by molar-refractivity contribution is 7.99. The number of thioether (sulfide) groups is 2. The first-order valence-electron chi connectivity index (χ1n) is 7.36. The number of halogens is 1. The summed E-state index contributed by atoms with van der Waals surface area (Å²) < 4.78 is 5.53. The van der Waals surface area contributed by atoms with Crippen molar-refractivity contribution in [2.45, 2.75) is 10.1 Å². The van der Waals surface area contributed by atoms with E-state index >= 15 is 0 Å². The molecule has 130 valence electrons. The molecule has 1 N–H and O–H groups in total. The Morgan fingerprint density at radius 2 is 2.04 bits per heavy atom. The number of benzene rings is 1. The number of thiophene rings is 1. The van der Waals surface area contributed by atoms with Crippen molar-refractivity contribution in [1.29, 1.82) is 0 Å². The lowest BCUT2D eigenvalue weighted by Crippen LogP contribution is -2.27. The normalized spacial score (nSPS) is 10.8. The van der Waals surface area contributed by atoms with E-state index in [4.69, 9.17) is 16.0 Å². The van der Waals surface area contributed by atoms with Crippen molar-refractivity contribution in [3.8, 4) is 10.8 Å². The van der Waals surface area contributed by atoms with E-state index < -0.39 is 0 Å². The van der Waals surface area contributed by atoms with E-state index in [9.17, 15) is 4.79 Å². The Morgan fingerprint density at radius 3 is 2.80 bits per heavy atom. The maximum absolute atomic E-state index is 11.9. The van der Waals surface area contributed by atoms with Crippen LogP contribution in [0.1, 0.15) is 0 Å². The third kappa shape index (κ3) is 5.78. The molecule has 0 fully saturated rings. The van der Waals surface area contributed by atoms with Gasteiger partial charge in [0.2, 0.25) is 5.91 Å². The van der Waals surface area contributed by atoms with Gasteiger partial charge in [-0.3, -0.25) is 4.79 Å². The second kappa shape index (κ2) is 9.28. The number of aromatic nitrogens is 2. The molecule has 0 aliphatic carbocycles. The summed E-state index contributed by atoms with van der Waals surface area (Å²) >= 11 is 10.3. The van der Waals surface area contributed by atoms with Crippen molar-refractivity contribution in [2.24, 2.45) is 0 Å². The largest absolute Gasteiger partial charge is 0.410 e. The number of carbonyl (C=O) groups excluding carboxylic acids is 1. The monoisotopic (exact) mass is 411 g/mol. The number of nitrogens with one attached hydrogen (secondary N) is 1. The molecule has 0 unspecified atom stereocenters. The first kappa shape index (κ1) is 18.3. The van der Waals surface area contributed by atoms with Crippen molar-refractivity contribution in [1.82, 2.24) is 15.5 Å². The second-order valence-electron chi connectivity index (χ2n) is 4.79. The minimum atomic E-state index is -0.0578. The summed E-state index contributed by atoms with van der Waals surface area (Å²) in [5.74, 6) is 1.47. The third-order valence-electron chi connectivity index (χ3n) is 2.97. The Bertz CT molecular complexity index is 806. The van der Waals surface area contributed by atoms with Crippen molar-refractivity contribution in [3.63, 3.8) is 0 Å². The van der Waals surface area contributed by atoms with Crippen LogP contribution in [-0.4, -0.2) is 34.2 Å². The zero-order valence-electron chi connectivity index (χ0n) is 13.0. The zero-order chi connectivity index (χ0) is 17.5. The molecule has 25 heavy (non-hydrogen) atoms. The molecular weight excluding hydrogens is 398 g/mol. The van der Waals surface area contributed by atoms with Gasteiger partial charge in [0.05, 0.1) is 10.6 Å². The van der Waals surface area contributed by atoms with Crippen molar-refractivity contribution in [3.05, 3.63) is 46.8 Å². The van der Waals surface area contributed by atoms with Crippen LogP contribution in [0.2, 0.25) is 5.02 Å². The van der Waals surface area contributed by atoms with Gasteiger partial charge in [0.15, 0.2) is 0 Å². The summed E-state index contributed by atoms with van der Waals surface area (Å²) in [4.78, 5) is 13.9. The van der Waals surface area contributed by atoms with E-state index in [2.05, 4.69) is 15.5 Å². The quantitative estimate of drug-likeness (QED) is 0.436. The van der Waals surface area contributed by atoms with Gasteiger partial charge < -0.3 is 9.73 Å². The van der Waals surface area contributed by atoms with E-state index in [-0.39, 0.29) is 11.7 Å². The molecule has 2 heterocycles. The molecule has 0 radical (unpaired) electrons. The van der Waals surface area contributed by atoms with Crippen LogP contribution in [0, 0.1) is 0 Å². The summed E-state index contributed by atoms with van der Waals surface area (Å²) in [5.41, 5.74) is 0. The summed E-state index contributed by atoms with van der Waals surface area (Å²) in [6.07, 6.45) is 0. The lowest BCUT2D eigenvalue weighted by atomic mass is 10.4. The van der Waals surface area contributed by atoms with E-state index in [1.54, 1.807) is 11.8 Å². The average Bonchev–Trinajstić information content (AvgIpc) is 3.29. The van der Waals surface area contributed by atoms with Crippen LogP contribution in [0.15, 0.2) is 56.3 Å². The number of nitrogens with zero attached hydrogens (tertiary/aromatic N) is 2. The Balaban J connectivity index is 1.35. The predicted octanol–water partition coefficient (Wildman–Crippen LogP) is 4.45. The maximum atomic E-state index is 11.9. The molecule has 0 saturated heterocycles. The van der Waals surface area contributed by atoms with Crippen molar-refractivity contribution in [2.75, 3.05) is 18.1 Å².